The van der Waals surface area contributed by atoms with E-state index < -0.39 is 0 Å². The Balaban J connectivity index is 1.68. The summed E-state index contributed by atoms with van der Waals surface area (Å²) in [6.07, 6.45) is 0. The highest BCUT2D eigenvalue weighted by Crippen LogP contribution is 2.14. The third kappa shape index (κ3) is 4.87. The van der Waals surface area contributed by atoms with Crippen molar-refractivity contribution in [1.29, 1.82) is 0 Å². The molecule has 0 aliphatic rings. The van der Waals surface area contributed by atoms with Gasteiger partial charge in [0.25, 0.3) is 11.5 Å². The summed E-state index contributed by atoms with van der Waals surface area (Å²) in [5.74, 6) is -0.376. The maximum atomic E-state index is 12.4. The van der Waals surface area contributed by atoms with E-state index in [0.717, 1.165) is 11.1 Å². The largest absolute Gasteiger partial charge is 0.374 e. The summed E-state index contributed by atoms with van der Waals surface area (Å²) in [6.45, 7) is 0.769. The number of amides is 1. The fourth-order valence-electron chi connectivity index (χ4n) is 2.48. The SMILES string of the molecule is O=C(NC(COCc1ccccc1)c1ccccc1)c1ccc(=O)[nH]n1. The Labute approximate surface area is 150 Å². The Morgan fingerprint density at radius 1 is 1.00 bits per heavy atom. The number of carbonyl (C=O) groups is 1. The van der Waals surface area contributed by atoms with Crippen LogP contribution >= 0.6 is 0 Å². The van der Waals surface area contributed by atoms with E-state index in [9.17, 15) is 9.59 Å². The molecule has 3 aromatic rings. The van der Waals surface area contributed by atoms with Gasteiger partial charge in [0.2, 0.25) is 0 Å². The molecule has 6 heteroatoms. The van der Waals surface area contributed by atoms with Gasteiger partial charge in [0, 0.05) is 6.07 Å². The minimum Gasteiger partial charge on any atom is -0.374 e. The van der Waals surface area contributed by atoms with Crippen molar-refractivity contribution < 1.29 is 9.53 Å². The lowest BCUT2D eigenvalue weighted by Crippen LogP contribution is -2.32. The van der Waals surface area contributed by atoms with E-state index in [-0.39, 0.29) is 23.2 Å². The number of hydrogen-bond donors (Lipinski definition) is 2. The molecule has 6 nitrogen and oxygen atoms in total. The summed E-state index contributed by atoms with van der Waals surface area (Å²) >= 11 is 0. The van der Waals surface area contributed by atoms with Crippen molar-refractivity contribution in [3.05, 3.63) is 100.0 Å². The van der Waals surface area contributed by atoms with Crippen molar-refractivity contribution in [3.63, 3.8) is 0 Å². The third-order valence-corrected chi connectivity index (χ3v) is 3.82. The van der Waals surface area contributed by atoms with Crippen molar-refractivity contribution in [3.8, 4) is 0 Å². The minimum absolute atomic E-state index is 0.147. The van der Waals surface area contributed by atoms with Crippen LogP contribution in [-0.2, 0) is 11.3 Å². The van der Waals surface area contributed by atoms with Gasteiger partial charge in [-0.2, -0.15) is 5.10 Å². The molecule has 1 atom stereocenters. The number of nitrogens with one attached hydrogen (secondary N) is 2. The van der Waals surface area contributed by atoms with E-state index >= 15 is 0 Å². The minimum atomic E-state index is -0.376. The number of H-pyrrole nitrogens is 1. The van der Waals surface area contributed by atoms with Crippen molar-refractivity contribution in [1.82, 2.24) is 15.5 Å². The van der Waals surface area contributed by atoms with Crippen LogP contribution in [0.25, 0.3) is 0 Å². The smallest absolute Gasteiger partial charge is 0.272 e. The van der Waals surface area contributed by atoms with Gasteiger partial charge in [0.15, 0.2) is 0 Å². The molecule has 26 heavy (non-hydrogen) atoms. The van der Waals surface area contributed by atoms with Crippen molar-refractivity contribution in [2.75, 3.05) is 6.61 Å². The van der Waals surface area contributed by atoms with E-state index in [0.29, 0.717) is 13.2 Å². The molecule has 2 aromatic carbocycles. The second kappa shape index (κ2) is 8.73. The molecule has 0 aliphatic carbocycles. The van der Waals surface area contributed by atoms with Crippen LogP contribution in [-0.4, -0.2) is 22.7 Å². The number of aromatic amines is 1. The van der Waals surface area contributed by atoms with Gasteiger partial charge in [0.05, 0.1) is 19.3 Å². The van der Waals surface area contributed by atoms with Crippen LogP contribution < -0.4 is 10.9 Å². The zero-order valence-corrected chi connectivity index (χ0v) is 14.1. The van der Waals surface area contributed by atoms with E-state index in [2.05, 4.69) is 15.5 Å². The maximum absolute atomic E-state index is 12.4. The first-order valence-electron chi connectivity index (χ1n) is 8.25. The third-order valence-electron chi connectivity index (χ3n) is 3.82. The first kappa shape index (κ1) is 17.6. The fourth-order valence-corrected chi connectivity index (χ4v) is 2.48. The molecule has 0 spiro atoms. The van der Waals surface area contributed by atoms with Crippen molar-refractivity contribution in [2.24, 2.45) is 0 Å². The fraction of sp³-hybridized carbons (Fsp3) is 0.150. The molecular formula is C20H19N3O3. The van der Waals surface area contributed by atoms with Crippen molar-refractivity contribution >= 4 is 5.91 Å². The molecule has 0 saturated heterocycles. The van der Waals surface area contributed by atoms with Crippen LogP contribution in [0.3, 0.4) is 0 Å². The average molecular weight is 349 g/mol. The Kier molecular flexibility index (Phi) is 5.90. The highest BCUT2D eigenvalue weighted by atomic mass is 16.5. The Bertz CT molecular complexity index is 874. The summed E-state index contributed by atoms with van der Waals surface area (Å²) in [5, 5.41) is 8.93. The monoisotopic (exact) mass is 349 g/mol. The summed E-state index contributed by atoms with van der Waals surface area (Å²) in [4.78, 5) is 23.5. The Hall–Kier alpha value is -3.25. The van der Waals surface area contributed by atoms with Crippen LogP contribution in [0, 0.1) is 0 Å². The topological polar surface area (TPSA) is 84.1 Å². The van der Waals surface area contributed by atoms with Gasteiger partial charge in [-0.25, -0.2) is 5.10 Å². The van der Waals surface area contributed by atoms with Crippen LogP contribution in [0.1, 0.15) is 27.7 Å². The Morgan fingerprint density at radius 2 is 1.69 bits per heavy atom. The van der Waals surface area contributed by atoms with Crippen LogP contribution in [0.5, 0.6) is 0 Å². The molecule has 0 aliphatic heterocycles. The van der Waals surface area contributed by atoms with Gasteiger partial charge in [-0.05, 0) is 17.2 Å². The summed E-state index contributed by atoms with van der Waals surface area (Å²) in [6, 6.07) is 21.7. The molecule has 0 fully saturated rings. The molecule has 0 saturated carbocycles. The highest BCUT2D eigenvalue weighted by Gasteiger charge is 2.17. The maximum Gasteiger partial charge on any atom is 0.272 e. The predicted octanol–water partition coefficient (Wildman–Crippen LogP) is 2.46. The molecule has 2 N–H and O–H groups in total. The van der Waals surface area contributed by atoms with Gasteiger partial charge >= 0.3 is 0 Å². The van der Waals surface area contributed by atoms with Crippen molar-refractivity contribution in [2.45, 2.75) is 12.6 Å². The normalized spacial score (nSPS) is 11.7. The lowest BCUT2D eigenvalue weighted by molar-refractivity contribution is 0.0792. The Morgan fingerprint density at radius 3 is 2.35 bits per heavy atom. The highest BCUT2D eigenvalue weighted by molar-refractivity contribution is 5.92. The second-order valence-corrected chi connectivity index (χ2v) is 5.74. The first-order chi connectivity index (χ1) is 12.7. The zero-order chi connectivity index (χ0) is 18.2. The molecule has 1 heterocycles. The van der Waals surface area contributed by atoms with Crippen LogP contribution in [0.4, 0.5) is 0 Å². The molecular weight excluding hydrogens is 330 g/mol. The number of rotatable bonds is 7. The number of hydrogen-bond acceptors (Lipinski definition) is 4. The lowest BCUT2D eigenvalue weighted by atomic mass is 10.1. The van der Waals surface area contributed by atoms with Gasteiger partial charge in [-0.3, -0.25) is 9.59 Å². The molecule has 132 valence electrons. The standard InChI is InChI=1S/C20H19N3O3/c24-19-12-11-17(22-23-19)20(25)21-18(16-9-5-2-6-10-16)14-26-13-15-7-3-1-4-8-15/h1-12,18H,13-14H2,(H,21,25)(H,23,24). The van der Waals surface area contributed by atoms with E-state index in [1.807, 2.05) is 60.7 Å². The molecule has 0 radical (unpaired) electrons. The quantitative estimate of drug-likeness (QED) is 0.686. The van der Waals surface area contributed by atoms with E-state index in [1.165, 1.54) is 12.1 Å². The lowest BCUT2D eigenvalue weighted by Gasteiger charge is -2.19. The molecule has 0 bridgehead atoms. The summed E-state index contributed by atoms with van der Waals surface area (Å²) in [7, 11) is 0. The van der Waals surface area contributed by atoms with Gasteiger partial charge in [0.1, 0.15) is 5.69 Å². The van der Waals surface area contributed by atoms with Gasteiger partial charge < -0.3 is 10.1 Å². The number of aromatic nitrogens is 2. The van der Waals surface area contributed by atoms with Crippen LogP contribution in [0.2, 0.25) is 0 Å². The predicted molar refractivity (Wildman–Crippen MR) is 97.6 cm³/mol. The number of benzene rings is 2. The molecule has 1 amide bonds. The zero-order valence-electron chi connectivity index (χ0n) is 14.1. The van der Waals surface area contributed by atoms with Gasteiger partial charge in [-0.1, -0.05) is 60.7 Å². The summed E-state index contributed by atoms with van der Waals surface area (Å²) in [5.41, 5.74) is 1.78. The number of ether oxygens (including phenoxy) is 1. The number of carbonyl (C=O) groups excluding carboxylic acids is 1. The van der Waals surface area contributed by atoms with E-state index in [1.54, 1.807) is 0 Å². The number of nitrogens with zero attached hydrogens (tertiary/aromatic N) is 1. The molecule has 1 aromatic heterocycles. The molecule has 3 rings (SSSR count). The summed E-state index contributed by atoms with van der Waals surface area (Å²) < 4.78 is 5.80. The van der Waals surface area contributed by atoms with Crippen LogP contribution in [0.15, 0.2) is 77.6 Å². The van der Waals surface area contributed by atoms with Gasteiger partial charge in [-0.15, -0.1) is 0 Å². The first-order valence-corrected chi connectivity index (χ1v) is 8.25. The van der Waals surface area contributed by atoms with E-state index in [4.69, 9.17) is 4.74 Å². The molecule has 1 unspecified atom stereocenters. The average Bonchev–Trinajstić information content (AvgIpc) is 2.69. The second-order valence-electron chi connectivity index (χ2n) is 5.74.